The van der Waals surface area contributed by atoms with Gasteiger partial charge in [-0.1, -0.05) is 0 Å². The summed E-state index contributed by atoms with van der Waals surface area (Å²) in [6.45, 7) is 4.62. The van der Waals surface area contributed by atoms with E-state index >= 15 is 0 Å². The van der Waals surface area contributed by atoms with Crippen molar-refractivity contribution in [2.75, 3.05) is 6.54 Å². The van der Waals surface area contributed by atoms with E-state index in [1.54, 1.807) is 0 Å². The summed E-state index contributed by atoms with van der Waals surface area (Å²) < 4.78 is 5.57. The van der Waals surface area contributed by atoms with Crippen LogP contribution in [0.3, 0.4) is 0 Å². The van der Waals surface area contributed by atoms with Crippen LogP contribution in [0, 0.1) is 6.92 Å². The highest BCUT2D eigenvalue weighted by molar-refractivity contribution is 7.13. The molecule has 1 aliphatic heterocycles. The van der Waals surface area contributed by atoms with Gasteiger partial charge in [-0.05, 0) is 45.2 Å². The Morgan fingerprint density at radius 1 is 1.50 bits per heavy atom. The highest BCUT2D eigenvalue weighted by Gasteiger charge is 2.31. The molecule has 0 spiro atoms. The van der Waals surface area contributed by atoms with Crippen LogP contribution in [0.4, 0.5) is 0 Å². The van der Waals surface area contributed by atoms with Crippen LogP contribution >= 0.6 is 11.3 Å². The molecule has 0 aromatic carbocycles. The average molecular weight is 319 g/mol. The second-order valence-corrected chi connectivity index (χ2v) is 6.73. The molecular weight excluding hydrogens is 298 g/mol. The Labute approximate surface area is 134 Å². The van der Waals surface area contributed by atoms with Gasteiger partial charge in [-0.25, -0.2) is 4.98 Å². The summed E-state index contributed by atoms with van der Waals surface area (Å²) in [7, 11) is 0. The fourth-order valence-electron chi connectivity index (χ4n) is 2.94. The molecule has 1 fully saturated rings. The average Bonchev–Trinajstić information content (AvgIpc) is 3.15. The molecule has 0 saturated carbocycles. The Balaban J connectivity index is 1.81. The first-order valence-electron chi connectivity index (χ1n) is 7.65. The summed E-state index contributed by atoms with van der Waals surface area (Å²) in [6.07, 6.45) is 3.13. The largest absolute Gasteiger partial charge is 0.459 e. The molecule has 2 atom stereocenters. The number of amides is 1. The number of aromatic nitrogens is 1. The van der Waals surface area contributed by atoms with Crippen molar-refractivity contribution in [3.05, 3.63) is 29.0 Å². The van der Waals surface area contributed by atoms with E-state index in [9.17, 15) is 4.79 Å². The number of thiazole rings is 1. The van der Waals surface area contributed by atoms with Gasteiger partial charge in [0.15, 0.2) is 10.8 Å². The van der Waals surface area contributed by atoms with E-state index in [-0.39, 0.29) is 18.0 Å². The lowest BCUT2D eigenvalue weighted by Gasteiger charge is -2.37. The predicted molar refractivity (Wildman–Crippen MR) is 86.9 cm³/mol. The Hall–Kier alpha value is -1.66. The molecule has 2 aromatic heterocycles. The molecular formula is C16H21N3O2S. The van der Waals surface area contributed by atoms with E-state index in [1.807, 2.05) is 36.3 Å². The van der Waals surface area contributed by atoms with Crippen molar-refractivity contribution in [2.24, 2.45) is 5.73 Å². The lowest BCUT2D eigenvalue weighted by atomic mass is 9.96. The minimum atomic E-state index is -0.0206. The maximum atomic E-state index is 12.7. The minimum Gasteiger partial charge on any atom is -0.459 e. The predicted octanol–water partition coefficient (Wildman–Crippen LogP) is 3.05. The van der Waals surface area contributed by atoms with Crippen LogP contribution in [0.1, 0.15) is 42.4 Å². The van der Waals surface area contributed by atoms with E-state index in [0.29, 0.717) is 11.5 Å². The molecule has 5 nitrogen and oxygen atoms in total. The first-order chi connectivity index (χ1) is 10.6. The van der Waals surface area contributed by atoms with Gasteiger partial charge in [0.25, 0.3) is 5.91 Å². The fourth-order valence-corrected chi connectivity index (χ4v) is 3.69. The Kier molecular flexibility index (Phi) is 4.31. The first-order valence-corrected chi connectivity index (χ1v) is 8.53. The molecule has 3 rings (SSSR count). The Morgan fingerprint density at radius 3 is 3.00 bits per heavy atom. The van der Waals surface area contributed by atoms with Crippen molar-refractivity contribution in [1.29, 1.82) is 0 Å². The van der Waals surface area contributed by atoms with Crippen molar-refractivity contribution in [1.82, 2.24) is 9.88 Å². The highest BCUT2D eigenvalue weighted by Crippen LogP contribution is 2.27. The van der Waals surface area contributed by atoms with Crippen LogP contribution in [0.25, 0.3) is 10.8 Å². The zero-order valence-electron chi connectivity index (χ0n) is 12.9. The number of piperidine rings is 1. The smallest absolute Gasteiger partial charge is 0.273 e. The number of hydrogen-bond acceptors (Lipinski definition) is 5. The van der Waals surface area contributed by atoms with E-state index in [1.165, 1.54) is 11.3 Å². The van der Waals surface area contributed by atoms with Gasteiger partial charge in [-0.2, -0.15) is 0 Å². The van der Waals surface area contributed by atoms with Crippen LogP contribution in [0.15, 0.2) is 21.9 Å². The van der Waals surface area contributed by atoms with Gasteiger partial charge in [0.05, 0.1) is 0 Å². The number of nitrogens with two attached hydrogens (primary N) is 1. The molecule has 6 heteroatoms. The molecule has 2 aromatic rings. The van der Waals surface area contributed by atoms with E-state index in [0.717, 1.165) is 36.6 Å². The van der Waals surface area contributed by atoms with Crippen LogP contribution in [0.2, 0.25) is 0 Å². The van der Waals surface area contributed by atoms with Crippen LogP contribution < -0.4 is 5.73 Å². The molecule has 22 heavy (non-hydrogen) atoms. The van der Waals surface area contributed by atoms with Crippen molar-refractivity contribution < 1.29 is 9.21 Å². The van der Waals surface area contributed by atoms with Crippen molar-refractivity contribution in [3.8, 4) is 10.8 Å². The van der Waals surface area contributed by atoms with E-state index in [2.05, 4.69) is 4.98 Å². The van der Waals surface area contributed by atoms with E-state index in [4.69, 9.17) is 10.2 Å². The molecule has 0 aliphatic carbocycles. The molecule has 2 unspecified atom stereocenters. The standard InChI is InChI=1S/C16H21N3O2S/c1-10-6-7-14(21-10)15-18-12(9-22-15)16(20)19-8-4-3-5-13(19)11(2)17/h6-7,9,11,13H,3-5,8,17H2,1-2H3. The number of furan rings is 1. The van der Waals surface area contributed by atoms with Gasteiger partial charge in [0, 0.05) is 24.0 Å². The number of carbonyl (C=O) groups excluding carboxylic acids is 1. The summed E-state index contributed by atoms with van der Waals surface area (Å²) in [6, 6.07) is 3.87. The quantitative estimate of drug-likeness (QED) is 0.943. The number of aryl methyl sites for hydroxylation is 1. The maximum absolute atomic E-state index is 12.7. The van der Waals surface area contributed by atoms with Crippen LogP contribution in [0.5, 0.6) is 0 Å². The highest BCUT2D eigenvalue weighted by atomic mass is 32.1. The van der Waals surface area contributed by atoms with Gasteiger partial charge in [0.2, 0.25) is 0 Å². The Morgan fingerprint density at radius 2 is 2.32 bits per heavy atom. The molecule has 0 radical (unpaired) electrons. The zero-order valence-corrected chi connectivity index (χ0v) is 13.7. The summed E-state index contributed by atoms with van der Waals surface area (Å²) in [5.41, 5.74) is 6.53. The molecule has 1 saturated heterocycles. The summed E-state index contributed by atoms with van der Waals surface area (Å²) in [5.74, 6) is 1.53. The monoisotopic (exact) mass is 319 g/mol. The van der Waals surface area contributed by atoms with Crippen molar-refractivity contribution in [3.63, 3.8) is 0 Å². The van der Waals surface area contributed by atoms with Gasteiger partial charge in [0.1, 0.15) is 11.5 Å². The lowest BCUT2D eigenvalue weighted by molar-refractivity contribution is 0.0578. The Bertz CT molecular complexity index is 662. The maximum Gasteiger partial charge on any atom is 0.273 e. The third kappa shape index (κ3) is 2.94. The fraction of sp³-hybridized carbons (Fsp3) is 0.500. The van der Waals surface area contributed by atoms with Gasteiger partial charge >= 0.3 is 0 Å². The summed E-state index contributed by atoms with van der Waals surface area (Å²) in [5, 5.41) is 2.55. The second-order valence-electron chi connectivity index (χ2n) is 5.87. The molecule has 1 aliphatic rings. The third-order valence-corrected chi connectivity index (χ3v) is 4.95. The summed E-state index contributed by atoms with van der Waals surface area (Å²) >= 11 is 1.43. The molecule has 3 heterocycles. The third-order valence-electron chi connectivity index (χ3n) is 4.09. The molecule has 0 bridgehead atoms. The minimum absolute atomic E-state index is 0.0184. The van der Waals surface area contributed by atoms with Crippen LogP contribution in [-0.2, 0) is 0 Å². The number of rotatable bonds is 3. The van der Waals surface area contributed by atoms with Gasteiger partial charge in [-0.3, -0.25) is 4.79 Å². The second kappa shape index (κ2) is 6.22. The van der Waals surface area contributed by atoms with Crippen molar-refractivity contribution >= 4 is 17.2 Å². The molecule has 118 valence electrons. The van der Waals surface area contributed by atoms with Gasteiger partial charge in [-0.15, -0.1) is 11.3 Å². The number of carbonyl (C=O) groups is 1. The van der Waals surface area contributed by atoms with Crippen molar-refractivity contribution in [2.45, 2.75) is 45.2 Å². The lowest BCUT2D eigenvalue weighted by Crippen LogP contribution is -2.51. The zero-order chi connectivity index (χ0) is 15.7. The number of hydrogen-bond donors (Lipinski definition) is 1. The molecule has 2 N–H and O–H groups in total. The number of likely N-dealkylation sites (tertiary alicyclic amines) is 1. The van der Waals surface area contributed by atoms with Gasteiger partial charge < -0.3 is 15.1 Å². The van der Waals surface area contributed by atoms with E-state index < -0.39 is 0 Å². The topological polar surface area (TPSA) is 72.4 Å². The van der Waals surface area contributed by atoms with Crippen LogP contribution in [-0.4, -0.2) is 34.4 Å². The summed E-state index contributed by atoms with van der Waals surface area (Å²) in [4.78, 5) is 19.1. The first kappa shape index (κ1) is 15.2. The number of nitrogens with zero attached hydrogens (tertiary/aromatic N) is 2. The molecule has 1 amide bonds. The normalized spacial score (nSPS) is 20.1. The SMILES string of the molecule is Cc1ccc(-c2nc(C(=O)N3CCCCC3C(C)N)cs2)o1.